The minimum Gasteiger partial charge on any atom is -0.207 e. The molecule has 1 aromatic rings. The summed E-state index contributed by atoms with van der Waals surface area (Å²) in [6.07, 6.45) is 3.43. The zero-order chi connectivity index (χ0) is 11.8. The van der Waals surface area contributed by atoms with Gasteiger partial charge in [0.05, 0.1) is 12.5 Å². The van der Waals surface area contributed by atoms with Gasteiger partial charge in [-0.2, -0.15) is 5.26 Å². The van der Waals surface area contributed by atoms with Crippen LogP contribution in [0.1, 0.15) is 11.1 Å². The molecule has 0 radical (unpaired) electrons. The van der Waals surface area contributed by atoms with Gasteiger partial charge in [0.25, 0.3) is 0 Å². The summed E-state index contributed by atoms with van der Waals surface area (Å²) in [6, 6.07) is 6.42. The Kier molecular flexibility index (Phi) is 4.58. The first-order valence-electron chi connectivity index (χ1n) is 4.60. The first kappa shape index (κ1) is 11.8. The minimum atomic E-state index is -0.381. The van der Waals surface area contributed by atoms with E-state index in [4.69, 9.17) is 10.8 Å². The summed E-state index contributed by atoms with van der Waals surface area (Å²) in [4.78, 5) is 2.60. The number of halogens is 1. The van der Waals surface area contributed by atoms with E-state index in [0.717, 1.165) is 5.56 Å². The molecule has 1 rings (SSSR count). The van der Waals surface area contributed by atoms with Crippen molar-refractivity contribution in [1.29, 1.82) is 5.26 Å². The van der Waals surface area contributed by atoms with E-state index in [1.807, 2.05) is 6.07 Å². The van der Waals surface area contributed by atoms with Gasteiger partial charge >= 0.3 is 0 Å². The maximum absolute atomic E-state index is 13.2. The molecule has 0 unspecified atom stereocenters. The molecule has 0 saturated heterocycles. The van der Waals surface area contributed by atoms with Crippen LogP contribution in [0.4, 0.5) is 4.39 Å². The second-order valence-electron chi connectivity index (χ2n) is 3.00. The van der Waals surface area contributed by atoms with Crippen LogP contribution in [0.3, 0.4) is 0 Å². The third-order valence-corrected chi connectivity index (χ3v) is 1.90. The van der Waals surface area contributed by atoms with Crippen molar-refractivity contribution in [3.63, 3.8) is 0 Å². The van der Waals surface area contributed by atoms with E-state index < -0.39 is 0 Å². The quantitative estimate of drug-likeness (QED) is 0.432. The van der Waals surface area contributed by atoms with Crippen molar-refractivity contribution < 1.29 is 4.39 Å². The summed E-state index contributed by atoms with van der Waals surface area (Å²) in [5.41, 5.74) is 9.20. The summed E-state index contributed by atoms with van der Waals surface area (Å²) in [7, 11) is 0. The summed E-state index contributed by atoms with van der Waals surface area (Å²) in [6.45, 7) is 0.251. The molecule has 0 aliphatic heterocycles. The molecule has 4 nitrogen and oxygen atoms in total. The van der Waals surface area contributed by atoms with E-state index in [0.29, 0.717) is 5.56 Å². The maximum Gasteiger partial charge on any atom is 0.127 e. The van der Waals surface area contributed by atoms with Gasteiger partial charge in [0.15, 0.2) is 0 Å². The van der Waals surface area contributed by atoms with E-state index in [1.54, 1.807) is 24.3 Å². The zero-order valence-corrected chi connectivity index (χ0v) is 8.47. The molecule has 16 heavy (non-hydrogen) atoms. The van der Waals surface area contributed by atoms with Crippen molar-refractivity contribution in [1.82, 2.24) is 0 Å². The lowest BCUT2D eigenvalue weighted by molar-refractivity contribution is 0.615. The monoisotopic (exact) mass is 216 g/mol. The Balaban J connectivity index is 2.82. The predicted octanol–water partition coefficient (Wildman–Crippen LogP) is 3.22. The van der Waals surface area contributed by atoms with Gasteiger partial charge in [-0.1, -0.05) is 23.3 Å². The molecule has 0 aromatic heterocycles. The minimum absolute atomic E-state index is 0.0455. The average molecular weight is 216 g/mol. The summed E-state index contributed by atoms with van der Waals surface area (Å²) >= 11 is 0. The third kappa shape index (κ3) is 3.45. The van der Waals surface area contributed by atoms with Crippen LogP contribution in [0, 0.1) is 17.1 Å². The van der Waals surface area contributed by atoms with E-state index in [2.05, 4.69) is 10.0 Å². The zero-order valence-electron chi connectivity index (χ0n) is 8.47. The van der Waals surface area contributed by atoms with Crippen molar-refractivity contribution in [2.24, 2.45) is 5.11 Å². The molecule has 80 valence electrons. The predicted molar refractivity (Wildman–Crippen MR) is 58.8 cm³/mol. The van der Waals surface area contributed by atoms with E-state index >= 15 is 0 Å². The van der Waals surface area contributed by atoms with E-state index in [-0.39, 0.29) is 18.8 Å². The molecule has 0 aliphatic rings. The fourth-order valence-corrected chi connectivity index (χ4v) is 1.19. The van der Waals surface area contributed by atoms with Crippen molar-refractivity contribution >= 4 is 6.08 Å². The first-order chi connectivity index (χ1) is 7.77. The Morgan fingerprint density at radius 3 is 3.06 bits per heavy atom. The van der Waals surface area contributed by atoms with Crippen LogP contribution in [-0.2, 0) is 6.42 Å². The molecule has 0 spiro atoms. The van der Waals surface area contributed by atoms with Crippen LogP contribution >= 0.6 is 0 Å². The number of rotatable bonds is 4. The molecular weight excluding hydrogens is 207 g/mol. The van der Waals surface area contributed by atoms with Crippen molar-refractivity contribution in [2.75, 3.05) is 6.54 Å². The number of azide groups is 1. The number of benzene rings is 1. The highest BCUT2D eigenvalue weighted by Crippen LogP contribution is 2.12. The lowest BCUT2D eigenvalue weighted by Crippen LogP contribution is -1.89. The van der Waals surface area contributed by atoms with E-state index in [9.17, 15) is 4.39 Å². The summed E-state index contributed by atoms with van der Waals surface area (Å²) < 4.78 is 13.2. The number of nitrogens with zero attached hydrogens (tertiary/aromatic N) is 4. The lowest BCUT2D eigenvalue weighted by atomic mass is 10.1. The van der Waals surface area contributed by atoms with Gasteiger partial charge in [-0.15, -0.1) is 0 Å². The molecule has 1 aromatic carbocycles. The van der Waals surface area contributed by atoms with Crippen molar-refractivity contribution in [2.45, 2.75) is 6.42 Å². The van der Waals surface area contributed by atoms with Crippen LogP contribution in [0.5, 0.6) is 0 Å². The number of hydrogen-bond donors (Lipinski definition) is 0. The van der Waals surface area contributed by atoms with Crippen LogP contribution < -0.4 is 0 Å². The van der Waals surface area contributed by atoms with Gasteiger partial charge in [0, 0.05) is 17.0 Å². The Hall–Kier alpha value is -2.31. The molecule has 0 N–H and O–H groups in total. The SMILES string of the molecule is N#CCc1cc(C=CCN=[N+]=[N-])ccc1F. The molecule has 0 amide bonds. The molecular formula is C11H9FN4. The van der Waals surface area contributed by atoms with Gasteiger partial charge in [-0.3, -0.25) is 0 Å². The maximum atomic E-state index is 13.2. The topological polar surface area (TPSA) is 72.5 Å². The lowest BCUT2D eigenvalue weighted by Gasteiger charge is -1.99. The standard InChI is InChI=1S/C11H9FN4/c12-11-4-3-9(2-1-7-15-16-14)8-10(11)5-6-13/h1-4,8H,5,7H2. The Labute approximate surface area is 92.3 Å². The molecule has 0 saturated carbocycles. The molecule has 0 fully saturated rings. The average Bonchev–Trinajstić information content (AvgIpc) is 2.29. The highest BCUT2D eigenvalue weighted by molar-refractivity contribution is 5.51. The fraction of sp³-hybridized carbons (Fsp3) is 0.182. The van der Waals surface area contributed by atoms with Crippen LogP contribution in [-0.4, -0.2) is 6.54 Å². The Morgan fingerprint density at radius 1 is 1.56 bits per heavy atom. The second kappa shape index (κ2) is 6.23. The smallest absolute Gasteiger partial charge is 0.127 e. The molecule has 5 heteroatoms. The molecule has 0 heterocycles. The highest BCUT2D eigenvalue weighted by Gasteiger charge is 2.01. The Morgan fingerprint density at radius 2 is 2.38 bits per heavy atom. The highest BCUT2D eigenvalue weighted by atomic mass is 19.1. The second-order valence-corrected chi connectivity index (χ2v) is 3.00. The number of nitriles is 1. The van der Waals surface area contributed by atoms with Gasteiger partial charge in [-0.05, 0) is 23.2 Å². The molecule has 0 aliphatic carbocycles. The first-order valence-corrected chi connectivity index (χ1v) is 4.60. The third-order valence-electron chi connectivity index (χ3n) is 1.90. The van der Waals surface area contributed by atoms with Crippen LogP contribution in [0.25, 0.3) is 16.5 Å². The fourth-order valence-electron chi connectivity index (χ4n) is 1.19. The van der Waals surface area contributed by atoms with Gasteiger partial charge in [0.2, 0.25) is 0 Å². The van der Waals surface area contributed by atoms with Gasteiger partial charge < -0.3 is 0 Å². The summed E-state index contributed by atoms with van der Waals surface area (Å²) in [5.74, 6) is -0.381. The number of hydrogen-bond acceptors (Lipinski definition) is 2. The van der Waals surface area contributed by atoms with Crippen molar-refractivity contribution in [3.05, 3.63) is 51.7 Å². The normalized spacial score (nSPS) is 9.75. The molecule has 0 bridgehead atoms. The Bertz CT molecular complexity index is 481. The molecule has 0 atom stereocenters. The van der Waals surface area contributed by atoms with Gasteiger partial charge in [-0.25, -0.2) is 4.39 Å². The van der Waals surface area contributed by atoms with Gasteiger partial charge in [0.1, 0.15) is 5.82 Å². The van der Waals surface area contributed by atoms with Crippen LogP contribution in [0.15, 0.2) is 29.4 Å². The largest absolute Gasteiger partial charge is 0.207 e. The van der Waals surface area contributed by atoms with E-state index in [1.165, 1.54) is 6.07 Å². The van der Waals surface area contributed by atoms with Crippen molar-refractivity contribution in [3.8, 4) is 6.07 Å². The van der Waals surface area contributed by atoms with Crippen LogP contribution in [0.2, 0.25) is 0 Å². The summed E-state index contributed by atoms with van der Waals surface area (Å²) in [5, 5.41) is 11.8.